The fourth-order valence-corrected chi connectivity index (χ4v) is 2.87. The molecule has 5 N–H and O–H groups in total. The lowest BCUT2D eigenvalue weighted by molar-refractivity contribution is -0.142. The number of carboxylic acids is 1. The number of hydrogen-bond donors (Lipinski definition) is 5. The van der Waals surface area contributed by atoms with Gasteiger partial charge < -0.3 is 40.6 Å². The van der Waals surface area contributed by atoms with Gasteiger partial charge in [0.1, 0.15) is 28.9 Å². The van der Waals surface area contributed by atoms with E-state index >= 15 is 0 Å². The van der Waals surface area contributed by atoms with Crippen LogP contribution in [-0.4, -0.2) is 77.2 Å². The van der Waals surface area contributed by atoms with Crippen molar-refractivity contribution in [3.05, 3.63) is 0 Å². The fraction of sp³-hybridized carbons (Fsp3) is 0.800. The predicted octanol–water partition coefficient (Wildman–Crippen LogP) is 3.06. The average Bonchev–Trinajstić information content (AvgIpc) is 2.68. The molecule has 0 aromatic rings. The first kappa shape index (κ1) is 34.8. The number of amides is 4. The van der Waals surface area contributed by atoms with Crippen molar-refractivity contribution < 1.29 is 43.3 Å². The highest BCUT2D eigenvalue weighted by Gasteiger charge is 2.28. The number of nitrogens with one attached hydrogen (secondary N) is 4. The van der Waals surface area contributed by atoms with E-state index in [0.29, 0.717) is 0 Å². The number of ether oxygens (including phenoxy) is 3. The number of carboxylic acid groups (broad SMARTS) is 1. The Hall–Kier alpha value is -3.25. The third-order valence-corrected chi connectivity index (χ3v) is 4.30. The normalized spacial score (nSPS) is 13.4. The van der Waals surface area contributed by atoms with Crippen LogP contribution in [0, 0.1) is 0 Å². The van der Waals surface area contributed by atoms with Crippen LogP contribution in [0.15, 0.2) is 0 Å². The lowest BCUT2D eigenvalue weighted by Gasteiger charge is -2.25. The predicted molar refractivity (Wildman–Crippen MR) is 140 cm³/mol. The smallest absolute Gasteiger partial charge is 0.408 e. The largest absolute Gasteiger partial charge is 0.480 e. The third-order valence-electron chi connectivity index (χ3n) is 4.30. The molecule has 0 rings (SSSR count). The molecule has 0 aromatic carbocycles. The first-order chi connectivity index (χ1) is 17.2. The SMILES string of the molecule is CC(C)(C)OC(=O)NCCC[C@@H](NC(=O)[C@@H](CCCNC(=O)OC(C)(C)C)NC(=O)OC(C)(C)C)C(=O)O. The topological polar surface area (TPSA) is 181 Å². The van der Waals surface area contributed by atoms with Crippen LogP contribution in [0.4, 0.5) is 14.4 Å². The number of carbonyl (C=O) groups is 5. The Kier molecular flexibility index (Phi) is 13.9. The van der Waals surface area contributed by atoms with Gasteiger partial charge in [-0.05, 0) is 88.0 Å². The summed E-state index contributed by atoms with van der Waals surface area (Å²) in [5.74, 6) is -1.99. The summed E-state index contributed by atoms with van der Waals surface area (Å²) in [4.78, 5) is 60.5. The second-order valence-corrected chi connectivity index (χ2v) is 11.7. The van der Waals surface area contributed by atoms with E-state index in [-0.39, 0.29) is 38.8 Å². The molecule has 13 nitrogen and oxygen atoms in total. The number of carbonyl (C=O) groups excluding carboxylic acids is 4. The molecular formula is C25H46N4O9. The van der Waals surface area contributed by atoms with Gasteiger partial charge in [0, 0.05) is 13.1 Å². The highest BCUT2D eigenvalue weighted by molar-refractivity contribution is 5.89. The molecule has 0 aromatic heterocycles. The molecule has 0 spiro atoms. The van der Waals surface area contributed by atoms with Crippen LogP contribution < -0.4 is 21.3 Å². The van der Waals surface area contributed by atoms with Crippen LogP contribution in [0.25, 0.3) is 0 Å². The van der Waals surface area contributed by atoms with Crippen molar-refractivity contribution in [2.75, 3.05) is 13.1 Å². The van der Waals surface area contributed by atoms with Gasteiger partial charge in [-0.3, -0.25) is 4.79 Å². The minimum absolute atomic E-state index is 0.0240. The van der Waals surface area contributed by atoms with Crippen LogP contribution in [0.5, 0.6) is 0 Å². The summed E-state index contributed by atoms with van der Waals surface area (Å²) in [6, 6.07) is -2.38. The summed E-state index contributed by atoms with van der Waals surface area (Å²) in [6.45, 7) is 15.6. The Morgan fingerprint density at radius 3 is 1.34 bits per heavy atom. The van der Waals surface area contributed by atoms with E-state index in [9.17, 15) is 29.1 Å². The zero-order chi connectivity index (χ0) is 29.7. The molecule has 2 atom stereocenters. The average molecular weight is 547 g/mol. The second kappa shape index (κ2) is 15.2. The van der Waals surface area contributed by atoms with Gasteiger partial charge in [0.05, 0.1) is 0 Å². The molecule has 0 radical (unpaired) electrons. The molecule has 0 bridgehead atoms. The molecule has 0 saturated heterocycles. The number of alkyl carbamates (subject to hydrolysis) is 3. The van der Waals surface area contributed by atoms with Crippen LogP contribution in [0.1, 0.15) is 88.0 Å². The minimum Gasteiger partial charge on any atom is -0.480 e. The van der Waals surface area contributed by atoms with E-state index in [1.165, 1.54) is 0 Å². The monoisotopic (exact) mass is 546 g/mol. The van der Waals surface area contributed by atoms with Crippen LogP contribution in [0.2, 0.25) is 0 Å². The van der Waals surface area contributed by atoms with Crippen LogP contribution in [0.3, 0.4) is 0 Å². The van der Waals surface area contributed by atoms with Crippen molar-refractivity contribution in [1.82, 2.24) is 21.3 Å². The summed E-state index contributed by atoms with van der Waals surface area (Å²) < 4.78 is 15.5. The number of aliphatic carboxylic acids is 1. The van der Waals surface area contributed by atoms with Crippen molar-refractivity contribution in [3.8, 4) is 0 Å². The summed E-state index contributed by atoms with van der Waals surface area (Å²) >= 11 is 0. The Morgan fingerprint density at radius 1 is 0.605 bits per heavy atom. The van der Waals surface area contributed by atoms with Gasteiger partial charge in [0.15, 0.2) is 0 Å². The van der Waals surface area contributed by atoms with Crippen LogP contribution >= 0.6 is 0 Å². The van der Waals surface area contributed by atoms with Gasteiger partial charge >= 0.3 is 24.2 Å². The van der Waals surface area contributed by atoms with Crippen LogP contribution in [-0.2, 0) is 23.8 Å². The molecule has 13 heteroatoms. The number of rotatable bonds is 12. The first-order valence-corrected chi connectivity index (χ1v) is 12.6. The van der Waals surface area contributed by atoms with Crippen molar-refractivity contribution in [1.29, 1.82) is 0 Å². The van der Waals surface area contributed by atoms with E-state index in [0.717, 1.165) is 0 Å². The standard InChI is InChI=1S/C25H46N4O9/c1-23(2,3)36-20(33)26-14-10-12-16(29-22(35)38-25(7,8)9)18(30)28-17(19(31)32)13-11-15-27-21(34)37-24(4,5)6/h16-17H,10-15H2,1-9H3,(H,26,33)(H,27,34)(H,28,30)(H,29,35)(H,31,32)/t16-,17-/m1/s1. The maximum Gasteiger partial charge on any atom is 0.408 e. The van der Waals surface area contributed by atoms with Gasteiger partial charge in [0.2, 0.25) is 5.91 Å². The highest BCUT2D eigenvalue weighted by atomic mass is 16.6. The third kappa shape index (κ3) is 18.9. The molecule has 220 valence electrons. The lowest BCUT2D eigenvalue weighted by Crippen LogP contribution is -2.52. The number of hydrogen-bond acceptors (Lipinski definition) is 8. The molecule has 0 aliphatic heterocycles. The van der Waals surface area contributed by atoms with E-state index < -0.39 is 59.0 Å². The fourth-order valence-electron chi connectivity index (χ4n) is 2.87. The minimum atomic E-state index is -1.27. The summed E-state index contributed by atoms with van der Waals surface area (Å²) in [6.07, 6.45) is -1.44. The molecular weight excluding hydrogens is 500 g/mol. The Balaban J connectivity index is 5.05. The molecule has 0 saturated carbocycles. The molecule has 0 unspecified atom stereocenters. The van der Waals surface area contributed by atoms with Crippen molar-refractivity contribution in [2.45, 2.75) is 117 Å². The molecule has 38 heavy (non-hydrogen) atoms. The molecule has 4 amide bonds. The van der Waals surface area contributed by atoms with Gasteiger partial charge in [-0.25, -0.2) is 19.2 Å². The van der Waals surface area contributed by atoms with Crippen molar-refractivity contribution in [3.63, 3.8) is 0 Å². The van der Waals surface area contributed by atoms with Gasteiger partial charge in [-0.2, -0.15) is 0 Å². The zero-order valence-corrected chi connectivity index (χ0v) is 24.1. The molecule has 0 aliphatic rings. The second-order valence-electron chi connectivity index (χ2n) is 11.7. The highest BCUT2D eigenvalue weighted by Crippen LogP contribution is 2.10. The maximum atomic E-state index is 12.9. The Bertz CT molecular complexity index is 811. The van der Waals surface area contributed by atoms with Gasteiger partial charge in [-0.1, -0.05) is 0 Å². The maximum absolute atomic E-state index is 12.9. The Labute approximate surface area is 225 Å². The van der Waals surface area contributed by atoms with E-state index in [1.807, 2.05) is 0 Å². The van der Waals surface area contributed by atoms with Gasteiger partial charge in [0.25, 0.3) is 0 Å². The molecule has 0 fully saturated rings. The van der Waals surface area contributed by atoms with Crippen molar-refractivity contribution >= 4 is 30.2 Å². The van der Waals surface area contributed by atoms with Crippen molar-refractivity contribution in [2.24, 2.45) is 0 Å². The summed E-state index contributed by atoms with van der Waals surface area (Å²) in [5.41, 5.74) is -2.15. The summed E-state index contributed by atoms with van der Waals surface area (Å²) in [7, 11) is 0. The van der Waals surface area contributed by atoms with E-state index in [1.54, 1.807) is 62.3 Å². The summed E-state index contributed by atoms with van der Waals surface area (Å²) in [5, 5.41) is 19.6. The van der Waals surface area contributed by atoms with E-state index in [2.05, 4.69) is 21.3 Å². The zero-order valence-electron chi connectivity index (χ0n) is 24.1. The first-order valence-electron chi connectivity index (χ1n) is 12.6. The Morgan fingerprint density at radius 2 is 0.974 bits per heavy atom. The molecule has 0 aliphatic carbocycles. The lowest BCUT2D eigenvalue weighted by atomic mass is 10.1. The van der Waals surface area contributed by atoms with Gasteiger partial charge in [-0.15, -0.1) is 0 Å². The van der Waals surface area contributed by atoms with E-state index in [4.69, 9.17) is 14.2 Å². The molecule has 0 heterocycles. The quantitative estimate of drug-likeness (QED) is 0.181.